The Kier molecular flexibility index (Phi) is 5.58. The maximum Gasteiger partial charge on any atom is 0.387 e. The van der Waals surface area contributed by atoms with Crippen LogP contribution in [0.25, 0.3) is 0 Å². The number of amides is 1. The van der Waals surface area contributed by atoms with E-state index in [9.17, 15) is 28.5 Å². The molecule has 0 unspecified atom stereocenters. The summed E-state index contributed by atoms with van der Waals surface area (Å²) in [5.74, 6) is -3.83. The molecule has 0 spiro atoms. The number of likely N-dealkylation sites (tertiary alicyclic amines) is 1. The van der Waals surface area contributed by atoms with Crippen LogP contribution in [0.5, 0.6) is 11.5 Å². The number of halogens is 2. The molecule has 0 aromatic heterocycles. The van der Waals surface area contributed by atoms with Gasteiger partial charge in [0, 0.05) is 19.2 Å². The molecule has 1 amide bonds. The number of carboxylic acids is 1. The number of rotatable bonds is 6. The Morgan fingerprint density at radius 1 is 1.35 bits per heavy atom. The highest BCUT2D eigenvalue weighted by Gasteiger charge is 2.39. The van der Waals surface area contributed by atoms with E-state index < -0.39 is 46.3 Å². The summed E-state index contributed by atoms with van der Waals surface area (Å²) in [6.07, 6.45) is 0. The highest BCUT2D eigenvalue weighted by Crippen LogP contribution is 2.37. The number of methoxy groups -OCH3 is 1. The van der Waals surface area contributed by atoms with Crippen LogP contribution in [0.15, 0.2) is 12.1 Å². The highest BCUT2D eigenvalue weighted by molar-refractivity contribution is 5.99. The maximum absolute atomic E-state index is 12.7. The number of benzene rings is 1. The summed E-state index contributed by atoms with van der Waals surface area (Å²) in [5.41, 5.74) is -1.13. The van der Waals surface area contributed by atoms with Gasteiger partial charge in [-0.1, -0.05) is 6.92 Å². The molecule has 1 N–H and O–H groups in total. The van der Waals surface area contributed by atoms with Crippen LogP contribution < -0.4 is 9.47 Å². The van der Waals surface area contributed by atoms with E-state index >= 15 is 0 Å². The molecule has 0 aliphatic carbocycles. The van der Waals surface area contributed by atoms with Crippen LogP contribution in [-0.2, 0) is 4.79 Å². The van der Waals surface area contributed by atoms with Crippen molar-refractivity contribution < 1.29 is 37.9 Å². The predicted molar refractivity (Wildman–Crippen MR) is 82.5 cm³/mol. The lowest BCUT2D eigenvalue weighted by Gasteiger charge is -2.17. The van der Waals surface area contributed by atoms with Gasteiger partial charge in [0.1, 0.15) is 5.56 Å². The lowest BCUT2D eigenvalue weighted by molar-refractivity contribution is -0.385. The number of carbonyl (C=O) groups excluding carboxylic acids is 1. The molecule has 1 aromatic rings. The number of hydrogen-bond donors (Lipinski definition) is 1. The lowest BCUT2D eigenvalue weighted by Crippen LogP contribution is -2.30. The first-order chi connectivity index (χ1) is 12.1. The van der Waals surface area contributed by atoms with Crippen molar-refractivity contribution in [2.75, 3.05) is 20.2 Å². The van der Waals surface area contributed by atoms with E-state index in [1.807, 2.05) is 0 Å². The molecule has 26 heavy (non-hydrogen) atoms. The van der Waals surface area contributed by atoms with Crippen molar-refractivity contribution in [1.29, 1.82) is 0 Å². The first-order valence-corrected chi connectivity index (χ1v) is 7.49. The van der Waals surface area contributed by atoms with Crippen molar-refractivity contribution in [3.63, 3.8) is 0 Å². The third-order valence-corrected chi connectivity index (χ3v) is 4.14. The Bertz CT molecular complexity index is 741. The molecule has 11 heteroatoms. The van der Waals surface area contributed by atoms with E-state index in [0.717, 1.165) is 13.2 Å². The molecule has 1 aliphatic heterocycles. The standard InChI is InChI=1S/C15H16F2N2O7/c1-7-5-18(6-9(7)14(21)22)13(20)8-3-11(25-2)12(26-15(16)17)4-10(8)19(23)24/h3-4,7,9,15H,5-6H2,1-2H3,(H,21,22)/t7-,9-/m1/s1. The summed E-state index contributed by atoms with van der Waals surface area (Å²) in [6, 6.07) is 1.63. The number of alkyl halides is 2. The van der Waals surface area contributed by atoms with Crippen LogP contribution in [0.2, 0.25) is 0 Å². The third-order valence-electron chi connectivity index (χ3n) is 4.14. The average Bonchev–Trinajstić information content (AvgIpc) is 2.95. The van der Waals surface area contributed by atoms with Crippen LogP contribution in [0.1, 0.15) is 17.3 Å². The molecule has 142 valence electrons. The molecule has 1 saturated heterocycles. The first kappa shape index (κ1) is 19.3. The fourth-order valence-corrected chi connectivity index (χ4v) is 2.84. The number of nitro groups is 1. The van der Waals surface area contributed by atoms with Crippen molar-refractivity contribution in [3.8, 4) is 11.5 Å². The van der Waals surface area contributed by atoms with E-state index in [2.05, 4.69) is 4.74 Å². The van der Waals surface area contributed by atoms with Crippen LogP contribution >= 0.6 is 0 Å². The van der Waals surface area contributed by atoms with Crippen LogP contribution in [0, 0.1) is 22.0 Å². The van der Waals surface area contributed by atoms with Crippen molar-refractivity contribution in [2.45, 2.75) is 13.5 Å². The van der Waals surface area contributed by atoms with Crippen molar-refractivity contribution in [2.24, 2.45) is 11.8 Å². The molecule has 2 atom stereocenters. The summed E-state index contributed by atoms with van der Waals surface area (Å²) in [4.78, 5) is 35.4. The second-order valence-corrected chi connectivity index (χ2v) is 5.79. The molecule has 1 heterocycles. The fourth-order valence-electron chi connectivity index (χ4n) is 2.84. The Balaban J connectivity index is 2.43. The van der Waals surface area contributed by atoms with E-state index in [1.54, 1.807) is 6.92 Å². The fraction of sp³-hybridized carbons (Fsp3) is 0.467. The van der Waals surface area contributed by atoms with E-state index in [1.165, 1.54) is 4.90 Å². The Hall–Kier alpha value is -2.98. The summed E-state index contributed by atoms with van der Waals surface area (Å²) < 4.78 is 34.0. The second-order valence-electron chi connectivity index (χ2n) is 5.79. The molecule has 0 radical (unpaired) electrons. The molecule has 0 saturated carbocycles. The van der Waals surface area contributed by atoms with Crippen LogP contribution in [0.3, 0.4) is 0 Å². The molecule has 1 aromatic carbocycles. The van der Waals surface area contributed by atoms with Gasteiger partial charge in [-0.3, -0.25) is 19.7 Å². The van der Waals surface area contributed by atoms with Gasteiger partial charge in [-0.05, 0) is 5.92 Å². The number of aliphatic carboxylic acids is 1. The number of carboxylic acid groups (broad SMARTS) is 1. The molecule has 2 rings (SSSR count). The van der Waals surface area contributed by atoms with Gasteiger partial charge in [-0.15, -0.1) is 0 Å². The quantitative estimate of drug-likeness (QED) is 0.597. The second kappa shape index (κ2) is 7.50. The van der Waals surface area contributed by atoms with Gasteiger partial charge in [-0.2, -0.15) is 8.78 Å². The maximum atomic E-state index is 12.7. The average molecular weight is 374 g/mol. The Morgan fingerprint density at radius 3 is 2.46 bits per heavy atom. The number of carbonyl (C=O) groups is 2. The van der Waals surface area contributed by atoms with Gasteiger partial charge >= 0.3 is 12.6 Å². The number of hydrogen-bond acceptors (Lipinski definition) is 6. The molecular weight excluding hydrogens is 358 g/mol. The van der Waals surface area contributed by atoms with E-state index in [-0.39, 0.29) is 24.8 Å². The Labute approximate surface area is 146 Å². The third kappa shape index (κ3) is 3.81. The van der Waals surface area contributed by atoms with Gasteiger partial charge in [0.05, 0.1) is 24.0 Å². The van der Waals surface area contributed by atoms with Gasteiger partial charge in [0.15, 0.2) is 11.5 Å². The van der Waals surface area contributed by atoms with E-state index in [4.69, 9.17) is 9.84 Å². The summed E-state index contributed by atoms with van der Waals surface area (Å²) in [5, 5.41) is 20.4. The van der Waals surface area contributed by atoms with Crippen molar-refractivity contribution in [3.05, 3.63) is 27.8 Å². The normalized spacial score (nSPS) is 19.5. The summed E-state index contributed by atoms with van der Waals surface area (Å²) >= 11 is 0. The molecule has 9 nitrogen and oxygen atoms in total. The molecule has 1 fully saturated rings. The zero-order valence-electron chi connectivity index (χ0n) is 13.8. The SMILES string of the molecule is COc1cc(C(=O)N2C[C@@H](C)[C@H](C(=O)O)C2)c([N+](=O)[O-])cc1OC(F)F. The van der Waals surface area contributed by atoms with E-state index in [0.29, 0.717) is 6.07 Å². The number of ether oxygens (including phenoxy) is 2. The minimum absolute atomic E-state index is 0.102. The molecule has 0 bridgehead atoms. The van der Waals surface area contributed by atoms with Gasteiger partial charge < -0.3 is 19.5 Å². The zero-order valence-corrected chi connectivity index (χ0v) is 13.8. The number of nitro benzene ring substituents is 1. The highest BCUT2D eigenvalue weighted by atomic mass is 19.3. The van der Waals surface area contributed by atoms with Crippen LogP contribution in [-0.4, -0.2) is 53.6 Å². The monoisotopic (exact) mass is 374 g/mol. The van der Waals surface area contributed by atoms with Gasteiger partial charge in [-0.25, -0.2) is 0 Å². The minimum atomic E-state index is -3.24. The van der Waals surface area contributed by atoms with Crippen LogP contribution in [0.4, 0.5) is 14.5 Å². The first-order valence-electron chi connectivity index (χ1n) is 7.49. The molecular formula is C15H16F2N2O7. The lowest BCUT2D eigenvalue weighted by atomic mass is 9.99. The zero-order chi connectivity index (χ0) is 19.6. The van der Waals surface area contributed by atoms with Crippen molar-refractivity contribution >= 4 is 17.6 Å². The van der Waals surface area contributed by atoms with Gasteiger partial charge in [0.2, 0.25) is 0 Å². The van der Waals surface area contributed by atoms with Crippen molar-refractivity contribution in [1.82, 2.24) is 4.90 Å². The summed E-state index contributed by atoms with van der Waals surface area (Å²) in [7, 11) is 1.13. The Morgan fingerprint density at radius 2 is 2.00 bits per heavy atom. The predicted octanol–water partition coefficient (Wildman–Crippen LogP) is 2.00. The summed E-state index contributed by atoms with van der Waals surface area (Å²) in [6.45, 7) is -1.59. The smallest absolute Gasteiger partial charge is 0.387 e. The van der Waals surface area contributed by atoms with Gasteiger partial charge in [0.25, 0.3) is 11.6 Å². The number of nitrogens with zero attached hydrogens (tertiary/aromatic N) is 2. The largest absolute Gasteiger partial charge is 0.493 e. The molecule has 1 aliphatic rings. The topological polar surface area (TPSA) is 119 Å². The minimum Gasteiger partial charge on any atom is -0.493 e.